The monoisotopic (exact) mass is 524 g/mol. The van der Waals surface area contributed by atoms with Gasteiger partial charge in [-0.1, -0.05) is 71.7 Å². The zero-order valence-corrected chi connectivity index (χ0v) is 20.4. The number of fused-ring (bicyclic) bond motifs is 2. The number of nitrogens with one attached hydrogen (secondary N) is 1. The van der Waals surface area contributed by atoms with Crippen molar-refractivity contribution >= 4 is 84.1 Å². The average Bonchev–Trinajstić information content (AvgIpc) is 3.37. The van der Waals surface area contributed by atoms with Crippen LogP contribution < -0.4 is 10.2 Å². The molecule has 0 fully saturated rings. The number of ether oxygens (including phenoxy) is 1. The lowest BCUT2D eigenvalue weighted by atomic mass is 10.2. The number of hydrogen-bond donors (Lipinski definition) is 1. The van der Waals surface area contributed by atoms with Crippen LogP contribution in [0.1, 0.15) is 24.9 Å². The summed E-state index contributed by atoms with van der Waals surface area (Å²) in [7, 11) is 0. The van der Waals surface area contributed by atoms with E-state index < -0.39 is 11.9 Å². The van der Waals surface area contributed by atoms with E-state index in [0.717, 1.165) is 20.2 Å². The minimum atomic E-state index is -0.562. The van der Waals surface area contributed by atoms with Crippen molar-refractivity contribution in [1.82, 2.24) is 5.43 Å². The molecule has 168 valence electrons. The molecule has 3 aromatic carbocycles. The second-order valence-corrected chi connectivity index (χ2v) is 9.97. The Morgan fingerprint density at radius 3 is 2.03 bits per heavy atom. The third-order valence-corrected chi connectivity index (χ3v) is 8.28. The quantitative estimate of drug-likeness (QED) is 0.113. The Kier molecular flexibility index (Phi) is 6.34. The second-order valence-electron chi connectivity index (χ2n) is 7.11. The van der Waals surface area contributed by atoms with Crippen molar-refractivity contribution in [3.05, 3.63) is 98.2 Å². The van der Waals surface area contributed by atoms with Crippen LogP contribution in [0.15, 0.2) is 77.9 Å². The lowest BCUT2D eigenvalue weighted by Gasteiger charge is -2.06. The van der Waals surface area contributed by atoms with Crippen LogP contribution in [-0.4, -0.2) is 18.1 Å². The molecule has 0 aliphatic carbocycles. The zero-order valence-electron chi connectivity index (χ0n) is 17.2. The van der Waals surface area contributed by atoms with Crippen molar-refractivity contribution in [2.24, 2.45) is 5.10 Å². The Bertz CT molecular complexity index is 1590. The first-order valence-electron chi connectivity index (χ1n) is 10.0. The van der Waals surface area contributed by atoms with E-state index in [4.69, 9.17) is 27.9 Å². The Morgan fingerprint density at radius 2 is 1.35 bits per heavy atom. The van der Waals surface area contributed by atoms with Gasteiger partial charge in [0.1, 0.15) is 15.5 Å². The van der Waals surface area contributed by atoms with Gasteiger partial charge in [-0.05, 0) is 24.3 Å². The van der Waals surface area contributed by atoms with Crippen LogP contribution in [0.3, 0.4) is 0 Å². The molecular formula is C25H14Cl2N2O3S2. The number of hydrogen-bond acceptors (Lipinski definition) is 6. The molecule has 0 aliphatic heterocycles. The van der Waals surface area contributed by atoms with Gasteiger partial charge in [0.2, 0.25) is 0 Å². The van der Waals surface area contributed by atoms with Gasteiger partial charge in [0.05, 0.1) is 16.3 Å². The van der Waals surface area contributed by atoms with Gasteiger partial charge in [0, 0.05) is 25.7 Å². The Morgan fingerprint density at radius 1 is 0.794 bits per heavy atom. The normalized spacial score (nSPS) is 11.4. The maximum atomic E-state index is 12.8. The van der Waals surface area contributed by atoms with E-state index in [1.807, 2.05) is 48.5 Å². The molecule has 1 amide bonds. The summed E-state index contributed by atoms with van der Waals surface area (Å²) in [6.07, 6.45) is 1.41. The van der Waals surface area contributed by atoms with Gasteiger partial charge in [-0.15, -0.1) is 22.7 Å². The highest BCUT2D eigenvalue weighted by atomic mass is 35.5. The molecule has 0 aliphatic rings. The van der Waals surface area contributed by atoms with Crippen LogP contribution in [0.2, 0.25) is 10.0 Å². The molecule has 0 radical (unpaired) electrons. The third-order valence-electron chi connectivity index (χ3n) is 4.95. The fourth-order valence-electron chi connectivity index (χ4n) is 3.34. The predicted octanol–water partition coefficient (Wildman–Crippen LogP) is 7.41. The van der Waals surface area contributed by atoms with E-state index in [1.165, 1.54) is 28.9 Å². The predicted molar refractivity (Wildman–Crippen MR) is 140 cm³/mol. The summed E-state index contributed by atoms with van der Waals surface area (Å²) in [5.74, 6) is -0.693. The lowest BCUT2D eigenvalue weighted by Crippen LogP contribution is -2.16. The Labute approximate surface area is 212 Å². The fourth-order valence-corrected chi connectivity index (χ4v) is 6.13. The third kappa shape index (κ3) is 4.31. The molecule has 5 aromatic rings. The highest BCUT2D eigenvalue weighted by Crippen LogP contribution is 2.36. The van der Waals surface area contributed by atoms with E-state index in [2.05, 4.69) is 10.5 Å². The fraction of sp³-hybridized carbons (Fsp3) is 0. The van der Waals surface area contributed by atoms with Gasteiger partial charge in [0.15, 0.2) is 0 Å². The first kappa shape index (κ1) is 22.6. The Hall–Kier alpha value is -3.23. The van der Waals surface area contributed by atoms with Gasteiger partial charge in [0.25, 0.3) is 5.91 Å². The van der Waals surface area contributed by atoms with Gasteiger partial charge in [-0.25, -0.2) is 10.2 Å². The van der Waals surface area contributed by atoms with Crippen molar-refractivity contribution in [2.75, 3.05) is 0 Å². The lowest BCUT2D eigenvalue weighted by molar-refractivity contribution is 0.0739. The highest BCUT2D eigenvalue weighted by Gasteiger charge is 2.20. The number of amides is 1. The number of esters is 1. The average molecular weight is 525 g/mol. The summed E-state index contributed by atoms with van der Waals surface area (Å²) in [5, 5.41) is 6.41. The van der Waals surface area contributed by atoms with E-state index >= 15 is 0 Å². The molecule has 9 heteroatoms. The maximum absolute atomic E-state index is 12.8. The van der Waals surface area contributed by atoms with Crippen molar-refractivity contribution in [3.63, 3.8) is 0 Å². The second kappa shape index (κ2) is 9.56. The van der Waals surface area contributed by atoms with Gasteiger partial charge < -0.3 is 4.74 Å². The number of nitrogens with zero attached hydrogens (tertiary/aromatic N) is 1. The van der Waals surface area contributed by atoms with E-state index in [0.29, 0.717) is 31.1 Å². The molecule has 2 heterocycles. The number of benzene rings is 3. The van der Waals surface area contributed by atoms with E-state index in [1.54, 1.807) is 24.3 Å². The number of carbonyl (C=O) groups excluding carboxylic acids is 2. The number of para-hydroxylation sites is 1. The highest BCUT2D eigenvalue weighted by molar-refractivity contribution is 7.22. The van der Waals surface area contributed by atoms with Gasteiger partial charge in [-0.2, -0.15) is 5.10 Å². The van der Waals surface area contributed by atoms with Crippen molar-refractivity contribution in [1.29, 1.82) is 0 Å². The maximum Gasteiger partial charge on any atom is 0.355 e. The van der Waals surface area contributed by atoms with E-state index in [9.17, 15) is 9.59 Å². The summed E-state index contributed by atoms with van der Waals surface area (Å²) in [6.45, 7) is 0. The number of thiophene rings is 2. The molecule has 1 N–H and O–H groups in total. The minimum Gasteiger partial charge on any atom is -0.422 e. The molecule has 5 nitrogen and oxygen atoms in total. The van der Waals surface area contributed by atoms with Gasteiger partial charge >= 0.3 is 5.97 Å². The molecule has 0 spiro atoms. The topological polar surface area (TPSA) is 67.8 Å². The van der Waals surface area contributed by atoms with Gasteiger partial charge in [-0.3, -0.25) is 4.79 Å². The number of halogens is 2. The largest absolute Gasteiger partial charge is 0.422 e. The summed E-state index contributed by atoms with van der Waals surface area (Å²) in [6, 6.07) is 21.9. The number of rotatable bonds is 5. The summed E-state index contributed by atoms with van der Waals surface area (Å²) in [5.41, 5.74) is 3.00. The van der Waals surface area contributed by atoms with Crippen LogP contribution in [0, 0.1) is 0 Å². The number of carbonyl (C=O) groups is 2. The van der Waals surface area contributed by atoms with Crippen LogP contribution in [0.25, 0.3) is 20.2 Å². The summed E-state index contributed by atoms with van der Waals surface area (Å²) < 4.78 is 7.42. The summed E-state index contributed by atoms with van der Waals surface area (Å²) >= 11 is 15.3. The smallest absolute Gasteiger partial charge is 0.355 e. The van der Waals surface area contributed by atoms with E-state index in [-0.39, 0.29) is 0 Å². The molecule has 2 aromatic heterocycles. The molecule has 0 saturated heterocycles. The van der Waals surface area contributed by atoms with Crippen LogP contribution >= 0.6 is 45.9 Å². The first-order valence-corrected chi connectivity index (χ1v) is 12.4. The van der Waals surface area contributed by atoms with Crippen LogP contribution in [0.5, 0.6) is 5.75 Å². The SMILES string of the molecule is O=C(N/N=C\c1ccccc1OC(=O)c1sc2ccccc2c1Cl)c1sc2ccccc2c1Cl. The molecule has 34 heavy (non-hydrogen) atoms. The Balaban J connectivity index is 1.33. The minimum absolute atomic E-state index is 0.291. The van der Waals surface area contributed by atoms with Crippen molar-refractivity contribution < 1.29 is 14.3 Å². The number of hydrazone groups is 1. The van der Waals surface area contributed by atoms with Crippen molar-refractivity contribution in [3.8, 4) is 5.75 Å². The molecular weight excluding hydrogens is 511 g/mol. The zero-order chi connectivity index (χ0) is 23.7. The molecule has 0 saturated carbocycles. The standard InChI is InChI=1S/C25H14Cl2N2O3S2/c26-20-15-8-2-5-11-18(15)33-22(20)24(30)29-28-13-14-7-1-4-10-17(14)32-25(31)23-21(27)16-9-3-6-12-19(16)34-23/h1-13H,(H,29,30)/b28-13-. The molecule has 0 atom stereocenters. The van der Waals surface area contributed by atoms with Crippen molar-refractivity contribution in [2.45, 2.75) is 0 Å². The van der Waals surface area contributed by atoms with Crippen LogP contribution in [-0.2, 0) is 0 Å². The van der Waals surface area contributed by atoms with Crippen LogP contribution in [0.4, 0.5) is 0 Å². The first-order chi connectivity index (χ1) is 16.5. The molecule has 5 rings (SSSR count). The molecule has 0 bridgehead atoms. The molecule has 0 unspecified atom stereocenters. The summed E-state index contributed by atoms with van der Waals surface area (Å²) in [4.78, 5) is 26.1.